The minimum atomic E-state index is -0.199. The summed E-state index contributed by atoms with van der Waals surface area (Å²) >= 11 is 0. The summed E-state index contributed by atoms with van der Waals surface area (Å²) in [4.78, 5) is 0. The molecule has 0 fully saturated rings. The molecule has 1 unspecified atom stereocenters. The van der Waals surface area contributed by atoms with Crippen LogP contribution < -0.4 is 5.32 Å². The number of anilines is 1. The lowest BCUT2D eigenvalue weighted by Crippen LogP contribution is -2.23. The van der Waals surface area contributed by atoms with E-state index in [2.05, 4.69) is 18.8 Å². The second-order valence-electron chi connectivity index (χ2n) is 7.46. The number of allylic oxidation sites excluding steroid dienone is 4. The molecule has 0 radical (unpaired) electrons. The number of nitrogens with zero attached hydrogens (tertiary/aromatic N) is 4. The smallest absolute Gasteiger partial charge is 0.134 e. The van der Waals surface area contributed by atoms with Crippen LogP contribution in [-0.2, 0) is 4.74 Å². The number of nitriles is 4. The van der Waals surface area contributed by atoms with Crippen LogP contribution in [-0.4, -0.2) is 6.04 Å². The summed E-state index contributed by atoms with van der Waals surface area (Å²) in [6.07, 6.45) is 5.31. The van der Waals surface area contributed by atoms with Crippen LogP contribution in [0.3, 0.4) is 0 Å². The highest BCUT2D eigenvalue weighted by atomic mass is 16.5. The predicted molar refractivity (Wildman–Crippen MR) is 127 cm³/mol. The molecule has 0 spiro atoms. The number of nitrogens with one attached hydrogen (secondary N) is 1. The van der Waals surface area contributed by atoms with Crippen LogP contribution in [0.15, 0.2) is 76.1 Å². The van der Waals surface area contributed by atoms with Crippen LogP contribution >= 0.6 is 0 Å². The first-order valence-electron chi connectivity index (χ1n) is 10.5. The first kappa shape index (κ1) is 23.7. The van der Waals surface area contributed by atoms with Gasteiger partial charge in [0.2, 0.25) is 0 Å². The molecular weight excluding hydrogens is 426 g/mol. The molecule has 0 amide bonds. The van der Waals surface area contributed by atoms with E-state index in [-0.39, 0.29) is 23.1 Å². The van der Waals surface area contributed by atoms with E-state index in [4.69, 9.17) is 30.2 Å². The lowest BCUT2D eigenvalue weighted by molar-refractivity contribution is 0.288. The SMILES string of the molecule is C=C(O/C(C=C(C#N)C#N)=C\C)C1Nc2cc(-c3ccc(C=C(C#N)C#N)o3)ccc2[C@H]1CC. The highest BCUT2D eigenvalue weighted by Crippen LogP contribution is 2.43. The molecule has 1 aliphatic rings. The highest BCUT2D eigenvalue weighted by molar-refractivity contribution is 5.72. The van der Waals surface area contributed by atoms with Crippen molar-refractivity contribution in [1.29, 1.82) is 21.0 Å². The Morgan fingerprint density at radius 1 is 1.09 bits per heavy atom. The molecule has 7 heteroatoms. The van der Waals surface area contributed by atoms with Crippen molar-refractivity contribution in [2.24, 2.45) is 0 Å². The minimum Gasteiger partial charge on any atom is -0.460 e. The van der Waals surface area contributed by atoms with Crippen molar-refractivity contribution in [3.63, 3.8) is 0 Å². The predicted octanol–water partition coefficient (Wildman–Crippen LogP) is 6.07. The summed E-state index contributed by atoms with van der Waals surface area (Å²) < 4.78 is 11.7. The second-order valence-corrected chi connectivity index (χ2v) is 7.46. The third-order valence-electron chi connectivity index (χ3n) is 5.45. The molecule has 2 aromatic rings. The highest BCUT2D eigenvalue weighted by Gasteiger charge is 2.34. The molecule has 0 aliphatic carbocycles. The summed E-state index contributed by atoms with van der Waals surface area (Å²) in [7, 11) is 0. The average molecular weight is 447 g/mol. The molecule has 7 nitrogen and oxygen atoms in total. The second kappa shape index (κ2) is 10.6. The number of benzene rings is 1. The zero-order valence-corrected chi connectivity index (χ0v) is 18.8. The van der Waals surface area contributed by atoms with Crippen molar-refractivity contribution in [2.45, 2.75) is 32.2 Å². The maximum absolute atomic E-state index is 9.01. The van der Waals surface area contributed by atoms with E-state index in [0.717, 1.165) is 23.2 Å². The number of furan rings is 1. The monoisotopic (exact) mass is 447 g/mol. The largest absolute Gasteiger partial charge is 0.460 e. The van der Waals surface area contributed by atoms with E-state index in [0.29, 0.717) is 23.0 Å². The third-order valence-corrected chi connectivity index (χ3v) is 5.45. The zero-order chi connectivity index (χ0) is 24.7. The molecular formula is C27H21N5O2. The molecule has 3 rings (SSSR count). The fourth-order valence-electron chi connectivity index (χ4n) is 3.80. The molecule has 1 aromatic heterocycles. The fourth-order valence-corrected chi connectivity index (χ4v) is 3.80. The number of rotatable bonds is 7. The Kier molecular flexibility index (Phi) is 7.35. The van der Waals surface area contributed by atoms with Gasteiger partial charge in [-0.3, -0.25) is 0 Å². The normalized spacial score (nSPS) is 15.9. The molecule has 0 saturated heterocycles. The van der Waals surface area contributed by atoms with Crippen LogP contribution in [0.1, 0.15) is 37.5 Å². The number of hydrogen-bond acceptors (Lipinski definition) is 7. The van der Waals surface area contributed by atoms with Gasteiger partial charge in [0.15, 0.2) is 0 Å². The van der Waals surface area contributed by atoms with E-state index >= 15 is 0 Å². The summed E-state index contributed by atoms with van der Waals surface area (Å²) in [5.41, 5.74) is 2.80. The molecule has 0 saturated carbocycles. The van der Waals surface area contributed by atoms with Crippen molar-refractivity contribution >= 4 is 11.8 Å². The lowest BCUT2D eigenvalue weighted by Gasteiger charge is -2.22. The van der Waals surface area contributed by atoms with Gasteiger partial charge in [-0.25, -0.2) is 0 Å². The quantitative estimate of drug-likeness (QED) is 0.309. The van der Waals surface area contributed by atoms with Crippen LogP contribution in [0.5, 0.6) is 0 Å². The Morgan fingerprint density at radius 2 is 1.79 bits per heavy atom. The molecule has 0 bridgehead atoms. The van der Waals surface area contributed by atoms with E-state index in [1.165, 1.54) is 12.2 Å². The number of fused-ring (bicyclic) bond motifs is 1. The first-order chi connectivity index (χ1) is 16.5. The van der Waals surface area contributed by atoms with Crippen LogP contribution in [0, 0.1) is 45.3 Å². The van der Waals surface area contributed by atoms with E-state index in [1.807, 2.05) is 42.5 Å². The van der Waals surface area contributed by atoms with Crippen LogP contribution in [0.2, 0.25) is 0 Å². The minimum absolute atomic E-state index is 0.0318. The topological polar surface area (TPSA) is 130 Å². The summed E-state index contributed by atoms with van der Waals surface area (Å²) in [5.74, 6) is 2.01. The van der Waals surface area contributed by atoms with Crippen molar-refractivity contribution in [2.75, 3.05) is 5.32 Å². The Hall–Kier alpha value is -4.98. The summed E-state index contributed by atoms with van der Waals surface area (Å²) in [6.45, 7) is 7.94. The van der Waals surface area contributed by atoms with E-state index in [9.17, 15) is 0 Å². The zero-order valence-electron chi connectivity index (χ0n) is 18.8. The molecule has 34 heavy (non-hydrogen) atoms. The Balaban J connectivity index is 1.84. The summed E-state index contributed by atoms with van der Waals surface area (Å²) in [6, 6.07) is 16.6. The number of hydrogen-bond donors (Lipinski definition) is 1. The molecule has 2 heterocycles. The maximum atomic E-state index is 9.01. The molecule has 166 valence electrons. The third kappa shape index (κ3) is 4.91. The van der Waals surface area contributed by atoms with Gasteiger partial charge in [0, 0.05) is 29.3 Å². The standard InChI is InChI=1S/C27H21N5O2/c1-4-21(10-18(13-28)14-29)33-17(3)27-23(5-2)24-8-6-20(12-25(24)32-27)26-9-7-22(34-26)11-19(15-30)16-31/h4,6-12,23,27,32H,3,5H2,1-2H3/b21-4-/t23-,27?/m1/s1. The first-order valence-corrected chi connectivity index (χ1v) is 10.5. The van der Waals surface area contributed by atoms with Gasteiger partial charge in [-0.05, 0) is 43.2 Å². The van der Waals surface area contributed by atoms with Crippen molar-refractivity contribution in [3.8, 4) is 35.6 Å². The van der Waals surface area contributed by atoms with Crippen molar-refractivity contribution in [1.82, 2.24) is 0 Å². The van der Waals surface area contributed by atoms with E-state index < -0.39 is 0 Å². The van der Waals surface area contributed by atoms with Crippen molar-refractivity contribution in [3.05, 3.63) is 83.1 Å². The fraction of sp³-hybridized carbons (Fsp3) is 0.185. The molecule has 1 aromatic carbocycles. The van der Waals surface area contributed by atoms with Gasteiger partial charge in [-0.2, -0.15) is 21.0 Å². The van der Waals surface area contributed by atoms with Crippen LogP contribution in [0.25, 0.3) is 17.4 Å². The van der Waals surface area contributed by atoms with Crippen molar-refractivity contribution < 1.29 is 9.15 Å². The van der Waals surface area contributed by atoms with Gasteiger partial charge < -0.3 is 14.5 Å². The molecule has 2 atom stereocenters. The summed E-state index contributed by atoms with van der Waals surface area (Å²) in [5, 5.41) is 39.3. The average Bonchev–Trinajstić information content (AvgIpc) is 3.48. The lowest BCUT2D eigenvalue weighted by atomic mass is 9.91. The van der Waals surface area contributed by atoms with E-state index in [1.54, 1.807) is 25.1 Å². The maximum Gasteiger partial charge on any atom is 0.134 e. The van der Waals surface area contributed by atoms with Crippen LogP contribution in [0.4, 0.5) is 5.69 Å². The molecule has 1 N–H and O–H groups in total. The van der Waals surface area contributed by atoms with Gasteiger partial charge in [0.25, 0.3) is 0 Å². The van der Waals surface area contributed by atoms with Gasteiger partial charge >= 0.3 is 0 Å². The number of ether oxygens (including phenoxy) is 1. The van der Waals surface area contributed by atoms with Gasteiger partial charge in [0.05, 0.1) is 6.04 Å². The Bertz CT molecular complexity index is 1350. The Labute approximate surface area is 198 Å². The molecule has 1 aliphatic heterocycles. The van der Waals surface area contributed by atoms with Gasteiger partial charge in [0.1, 0.15) is 58.5 Å². The van der Waals surface area contributed by atoms with Gasteiger partial charge in [-0.1, -0.05) is 25.6 Å². The Morgan fingerprint density at radius 3 is 2.41 bits per heavy atom. The van der Waals surface area contributed by atoms with Gasteiger partial charge in [-0.15, -0.1) is 0 Å².